The quantitative estimate of drug-likeness (QED) is 0.474. The minimum atomic E-state index is -0.0795. The first-order valence-electron chi connectivity index (χ1n) is 4.35. The van der Waals surface area contributed by atoms with Gasteiger partial charge in [-0.1, -0.05) is 25.2 Å². The highest BCUT2D eigenvalue weighted by atomic mass is 16.5. The number of carbonyl (C=O) groups excluding carboxylic acids is 1. The van der Waals surface area contributed by atoms with Crippen LogP contribution >= 0.6 is 0 Å². The summed E-state index contributed by atoms with van der Waals surface area (Å²) in [4.78, 5) is 10.7. The van der Waals surface area contributed by atoms with Crippen LogP contribution in [0.15, 0.2) is 24.3 Å². The van der Waals surface area contributed by atoms with Gasteiger partial charge in [0.2, 0.25) is 0 Å². The Kier molecular flexibility index (Phi) is 3.58. The number of allylic oxidation sites excluding steroid dienone is 3. The Bertz CT molecular complexity index is 204. The van der Waals surface area contributed by atoms with Gasteiger partial charge in [-0.15, -0.1) is 0 Å². The first kappa shape index (κ1) is 9.04. The highest BCUT2D eigenvalue weighted by Crippen LogP contribution is 2.14. The summed E-state index contributed by atoms with van der Waals surface area (Å²) in [6, 6.07) is 0. The third-order valence-electron chi connectivity index (χ3n) is 1.72. The monoisotopic (exact) mass is 166 g/mol. The molecule has 0 aromatic rings. The fourth-order valence-corrected chi connectivity index (χ4v) is 1.09. The average Bonchev–Trinajstić information content (AvgIpc) is 2.45. The third kappa shape index (κ3) is 2.91. The molecule has 0 spiro atoms. The van der Waals surface area contributed by atoms with E-state index in [1.165, 1.54) is 0 Å². The normalized spacial score (nSPS) is 24.1. The molecule has 1 aliphatic rings. The number of esters is 1. The summed E-state index contributed by atoms with van der Waals surface area (Å²) >= 11 is 0. The average molecular weight is 166 g/mol. The summed E-state index contributed by atoms with van der Waals surface area (Å²) in [5.74, 6) is -0.0795. The number of cyclic esters (lactones) is 1. The Morgan fingerprint density at radius 1 is 1.58 bits per heavy atom. The maximum atomic E-state index is 10.7. The van der Waals surface area contributed by atoms with Crippen molar-refractivity contribution >= 4 is 5.97 Å². The second-order valence-electron chi connectivity index (χ2n) is 2.79. The van der Waals surface area contributed by atoms with Gasteiger partial charge in [-0.2, -0.15) is 0 Å². The van der Waals surface area contributed by atoms with Crippen molar-refractivity contribution in [3.05, 3.63) is 24.3 Å². The van der Waals surface area contributed by atoms with Crippen molar-refractivity contribution in [2.45, 2.75) is 32.3 Å². The minimum Gasteiger partial charge on any atom is -0.458 e. The SMILES string of the molecule is CC/C=C\C=C/[C@@H]1CCC(=O)O1. The fraction of sp³-hybridized carbons (Fsp3) is 0.500. The van der Waals surface area contributed by atoms with Crippen molar-refractivity contribution in [3.8, 4) is 0 Å². The number of rotatable bonds is 3. The summed E-state index contributed by atoms with van der Waals surface area (Å²) < 4.78 is 4.98. The van der Waals surface area contributed by atoms with Crippen LogP contribution in [0.4, 0.5) is 0 Å². The fourth-order valence-electron chi connectivity index (χ4n) is 1.09. The van der Waals surface area contributed by atoms with Crippen LogP contribution in [0.1, 0.15) is 26.2 Å². The molecule has 0 bridgehead atoms. The van der Waals surface area contributed by atoms with E-state index in [0.29, 0.717) is 6.42 Å². The highest BCUT2D eigenvalue weighted by Gasteiger charge is 2.19. The topological polar surface area (TPSA) is 26.3 Å². The molecule has 1 fully saturated rings. The van der Waals surface area contributed by atoms with E-state index in [9.17, 15) is 4.79 Å². The van der Waals surface area contributed by atoms with E-state index < -0.39 is 0 Å². The standard InChI is InChI=1S/C10H14O2/c1-2-3-4-5-6-9-7-8-10(11)12-9/h3-6,9H,2,7-8H2,1H3/b4-3-,6-5-/t9-/m1/s1. The molecule has 2 nitrogen and oxygen atoms in total. The van der Waals surface area contributed by atoms with Crippen LogP contribution in [0.2, 0.25) is 0 Å². The molecule has 0 aromatic carbocycles. The Balaban J connectivity index is 2.27. The van der Waals surface area contributed by atoms with Crippen LogP contribution in [0, 0.1) is 0 Å². The van der Waals surface area contributed by atoms with Crippen molar-refractivity contribution in [2.75, 3.05) is 0 Å². The molecule has 1 heterocycles. The molecule has 0 amide bonds. The molecular weight excluding hydrogens is 152 g/mol. The van der Waals surface area contributed by atoms with Gasteiger partial charge < -0.3 is 4.74 Å². The van der Waals surface area contributed by atoms with Crippen molar-refractivity contribution in [3.63, 3.8) is 0 Å². The van der Waals surface area contributed by atoms with Crippen molar-refractivity contribution in [2.24, 2.45) is 0 Å². The van der Waals surface area contributed by atoms with Crippen molar-refractivity contribution in [1.29, 1.82) is 0 Å². The molecule has 0 aliphatic carbocycles. The lowest BCUT2D eigenvalue weighted by atomic mass is 10.2. The van der Waals surface area contributed by atoms with Gasteiger partial charge in [0, 0.05) is 6.42 Å². The van der Waals surface area contributed by atoms with Gasteiger partial charge in [-0.3, -0.25) is 4.79 Å². The molecule has 0 unspecified atom stereocenters. The molecule has 1 aliphatic heterocycles. The molecule has 0 N–H and O–H groups in total. The van der Waals surface area contributed by atoms with Crippen LogP contribution in [0.25, 0.3) is 0 Å². The third-order valence-corrected chi connectivity index (χ3v) is 1.72. The van der Waals surface area contributed by atoms with E-state index in [1.807, 2.05) is 18.2 Å². The molecule has 0 aromatic heterocycles. The van der Waals surface area contributed by atoms with Crippen molar-refractivity contribution in [1.82, 2.24) is 0 Å². The first-order chi connectivity index (χ1) is 5.83. The maximum absolute atomic E-state index is 10.7. The number of hydrogen-bond donors (Lipinski definition) is 0. The van der Waals surface area contributed by atoms with Gasteiger partial charge in [0.05, 0.1) is 0 Å². The summed E-state index contributed by atoms with van der Waals surface area (Å²) in [6.45, 7) is 2.08. The second kappa shape index (κ2) is 4.75. The van der Waals surface area contributed by atoms with E-state index >= 15 is 0 Å². The lowest BCUT2D eigenvalue weighted by Crippen LogP contribution is -2.01. The molecule has 2 heteroatoms. The van der Waals surface area contributed by atoms with E-state index in [0.717, 1.165) is 12.8 Å². The van der Waals surface area contributed by atoms with E-state index in [2.05, 4.69) is 13.0 Å². The van der Waals surface area contributed by atoms with Gasteiger partial charge in [0.1, 0.15) is 6.10 Å². The molecule has 1 atom stereocenters. The maximum Gasteiger partial charge on any atom is 0.306 e. The molecule has 1 saturated heterocycles. The van der Waals surface area contributed by atoms with Crippen LogP contribution in [-0.2, 0) is 9.53 Å². The molecular formula is C10H14O2. The lowest BCUT2D eigenvalue weighted by Gasteiger charge is -1.99. The summed E-state index contributed by atoms with van der Waals surface area (Å²) in [6.07, 6.45) is 10.3. The van der Waals surface area contributed by atoms with Gasteiger partial charge in [-0.05, 0) is 18.9 Å². The summed E-state index contributed by atoms with van der Waals surface area (Å²) in [5.41, 5.74) is 0. The highest BCUT2D eigenvalue weighted by molar-refractivity contribution is 5.71. The zero-order valence-electron chi connectivity index (χ0n) is 7.32. The number of ether oxygens (including phenoxy) is 1. The summed E-state index contributed by atoms with van der Waals surface area (Å²) in [7, 11) is 0. The Morgan fingerprint density at radius 2 is 2.42 bits per heavy atom. The lowest BCUT2D eigenvalue weighted by molar-refractivity contribution is -0.139. The van der Waals surface area contributed by atoms with Gasteiger partial charge in [-0.25, -0.2) is 0 Å². The minimum absolute atomic E-state index is 0.0130. The number of carbonyl (C=O) groups is 1. The van der Waals surface area contributed by atoms with Crippen LogP contribution in [0.5, 0.6) is 0 Å². The van der Waals surface area contributed by atoms with Crippen LogP contribution in [-0.4, -0.2) is 12.1 Å². The van der Waals surface area contributed by atoms with E-state index in [-0.39, 0.29) is 12.1 Å². The smallest absolute Gasteiger partial charge is 0.306 e. The first-order valence-corrected chi connectivity index (χ1v) is 4.35. The molecule has 0 radical (unpaired) electrons. The predicted molar refractivity (Wildman–Crippen MR) is 47.7 cm³/mol. The zero-order valence-corrected chi connectivity index (χ0v) is 7.32. The van der Waals surface area contributed by atoms with Gasteiger partial charge in [0.25, 0.3) is 0 Å². The Hall–Kier alpha value is -1.05. The van der Waals surface area contributed by atoms with Crippen molar-refractivity contribution < 1.29 is 9.53 Å². The van der Waals surface area contributed by atoms with Crippen LogP contribution < -0.4 is 0 Å². The number of hydrogen-bond acceptors (Lipinski definition) is 2. The Morgan fingerprint density at radius 3 is 3.00 bits per heavy atom. The van der Waals surface area contributed by atoms with Gasteiger partial charge >= 0.3 is 5.97 Å². The molecule has 66 valence electrons. The molecule has 12 heavy (non-hydrogen) atoms. The van der Waals surface area contributed by atoms with Gasteiger partial charge in [0.15, 0.2) is 0 Å². The van der Waals surface area contributed by atoms with Crippen LogP contribution in [0.3, 0.4) is 0 Å². The predicted octanol–water partition coefficient (Wildman–Crippen LogP) is 2.21. The zero-order chi connectivity index (χ0) is 8.81. The molecule has 1 rings (SSSR count). The summed E-state index contributed by atoms with van der Waals surface area (Å²) in [5, 5.41) is 0. The molecule has 0 saturated carbocycles. The second-order valence-corrected chi connectivity index (χ2v) is 2.79. The van der Waals surface area contributed by atoms with E-state index in [1.54, 1.807) is 0 Å². The van der Waals surface area contributed by atoms with E-state index in [4.69, 9.17) is 4.74 Å². The Labute approximate surface area is 72.9 Å². The largest absolute Gasteiger partial charge is 0.458 e.